The average Bonchev–Trinajstić information content (AvgIpc) is 2.97. The molecule has 3 N–H and O–H groups in total. The van der Waals surface area contributed by atoms with Gasteiger partial charge in [-0.25, -0.2) is 23.4 Å². The lowest BCUT2D eigenvalue weighted by molar-refractivity contribution is 0.445. The van der Waals surface area contributed by atoms with E-state index >= 15 is 0 Å². The Morgan fingerprint density at radius 2 is 1.33 bits per heavy atom. The second kappa shape index (κ2) is 11.2. The van der Waals surface area contributed by atoms with E-state index in [-0.39, 0.29) is 4.90 Å². The highest BCUT2D eigenvalue weighted by Crippen LogP contribution is 2.33. The van der Waals surface area contributed by atoms with E-state index in [4.69, 9.17) is 15.7 Å². The molecule has 9 heteroatoms. The predicted molar refractivity (Wildman–Crippen MR) is 156 cm³/mol. The number of hydrogen-bond donors (Lipinski definition) is 2. The van der Waals surface area contributed by atoms with Crippen LogP contribution in [0.2, 0.25) is 0 Å². The lowest BCUT2D eigenvalue weighted by Crippen LogP contribution is -2.30. The fraction of sp³-hybridized carbons (Fsp3) is 0.167. The van der Waals surface area contributed by atoms with Gasteiger partial charge in [0.05, 0.1) is 22.0 Å². The van der Waals surface area contributed by atoms with Crippen LogP contribution in [0.1, 0.15) is 19.4 Å². The predicted octanol–water partition coefficient (Wildman–Crippen LogP) is 5.58. The van der Waals surface area contributed by atoms with E-state index in [1.807, 2.05) is 86.6 Å². The number of benzene rings is 3. The Bertz CT molecular complexity index is 1690. The van der Waals surface area contributed by atoms with Gasteiger partial charge in [-0.3, -0.25) is 0 Å². The summed E-state index contributed by atoms with van der Waals surface area (Å²) in [6, 6.07) is 28.5. The number of nitrogen functional groups attached to an aromatic ring is 1. The SMILES string of the molecule is CCN(CC)S(=O)(=O)c1ccc(CNc2cc(N)nc3nc(-c4ccccc4)c(-c4ccccc4)nc23)cc1. The number of anilines is 2. The topological polar surface area (TPSA) is 114 Å². The summed E-state index contributed by atoms with van der Waals surface area (Å²) < 4.78 is 27.1. The number of rotatable bonds is 9. The van der Waals surface area contributed by atoms with Gasteiger partial charge in [-0.05, 0) is 17.7 Å². The van der Waals surface area contributed by atoms with Gasteiger partial charge < -0.3 is 11.1 Å². The van der Waals surface area contributed by atoms with Gasteiger partial charge in [0.1, 0.15) is 11.3 Å². The summed E-state index contributed by atoms with van der Waals surface area (Å²) in [5, 5.41) is 3.40. The first kappa shape index (κ1) is 26.3. The number of pyridine rings is 1. The van der Waals surface area contributed by atoms with Crippen molar-refractivity contribution in [2.75, 3.05) is 24.1 Å². The zero-order valence-electron chi connectivity index (χ0n) is 21.9. The van der Waals surface area contributed by atoms with Crippen molar-refractivity contribution >= 4 is 32.7 Å². The first-order chi connectivity index (χ1) is 18.9. The highest BCUT2D eigenvalue weighted by atomic mass is 32.2. The van der Waals surface area contributed by atoms with Gasteiger partial charge >= 0.3 is 0 Å². The minimum absolute atomic E-state index is 0.278. The van der Waals surface area contributed by atoms with Crippen molar-refractivity contribution in [1.29, 1.82) is 0 Å². The Hall–Kier alpha value is -4.34. The number of aromatic nitrogens is 3. The summed E-state index contributed by atoms with van der Waals surface area (Å²) >= 11 is 0. The van der Waals surface area contributed by atoms with Crippen molar-refractivity contribution in [3.05, 3.63) is 96.6 Å². The van der Waals surface area contributed by atoms with Crippen LogP contribution < -0.4 is 11.1 Å². The van der Waals surface area contributed by atoms with Crippen molar-refractivity contribution in [3.63, 3.8) is 0 Å². The van der Waals surface area contributed by atoms with Crippen LogP contribution in [0, 0.1) is 0 Å². The first-order valence-corrected chi connectivity index (χ1v) is 14.3. The zero-order valence-corrected chi connectivity index (χ0v) is 22.7. The van der Waals surface area contributed by atoms with Crippen LogP contribution in [0.15, 0.2) is 95.9 Å². The number of hydrogen-bond acceptors (Lipinski definition) is 7. The molecule has 198 valence electrons. The van der Waals surface area contributed by atoms with Gasteiger partial charge in [0.25, 0.3) is 0 Å². The second-order valence-electron chi connectivity index (χ2n) is 9.01. The Morgan fingerprint density at radius 1 is 0.769 bits per heavy atom. The third-order valence-electron chi connectivity index (χ3n) is 6.50. The number of nitrogens with one attached hydrogen (secondary N) is 1. The van der Waals surface area contributed by atoms with Gasteiger partial charge in [0.15, 0.2) is 5.65 Å². The molecule has 0 unspecified atom stereocenters. The van der Waals surface area contributed by atoms with E-state index in [2.05, 4.69) is 10.3 Å². The molecule has 0 aliphatic heterocycles. The third-order valence-corrected chi connectivity index (χ3v) is 8.57. The van der Waals surface area contributed by atoms with Crippen LogP contribution in [0.5, 0.6) is 0 Å². The molecule has 0 fully saturated rings. The molecule has 0 saturated carbocycles. The van der Waals surface area contributed by atoms with Crippen molar-refractivity contribution < 1.29 is 8.42 Å². The standard InChI is InChI=1S/C30H30N6O2S/c1-3-36(4-2)39(37,38)24-17-15-21(16-18-24)20-32-25-19-26(31)33-30-29(25)34-27(22-11-7-5-8-12-22)28(35-30)23-13-9-6-10-14-23/h5-19H,3-4,20H2,1-2H3,(H3,31,32,33,35). The third kappa shape index (κ3) is 5.45. The zero-order chi connectivity index (χ0) is 27.4. The van der Waals surface area contributed by atoms with Gasteiger partial charge in [-0.1, -0.05) is 86.6 Å². The van der Waals surface area contributed by atoms with Crippen molar-refractivity contribution in [1.82, 2.24) is 19.3 Å². The molecule has 0 saturated heterocycles. The molecule has 39 heavy (non-hydrogen) atoms. The van der Waals surface area contributed by atoms with Crippen molar-refractivity contribution in [2.45, 2.75) is 25.3 Å². The fourth-order valence-electron chi connectivity index (χ4n) is 4.47. The highest BCUT2D eigenvalue weighted by molar-refractivity contribution is 7.89. The Kier molecular flexibility index (Phi) is 7.53. The minimum Gasteiger partial charge on any atom is -0.384 e. The van der Waals surface area contributed by atoms with E-state index in [0.717, 1.165) is 28.1 Å². The van der Waals surface area contributed by atoms with Crippen LogP contribution in [0.4, 0.5) is 11.5 Å². The molecule has 2 aromatic heterocycles. The quantitative estimate of drug-likeness (QED) is 0.252. The summed E-state index contributed by atoms with van der Waals surface area (Å²) in [5.74, 6) is 0.325. The van der Waals surface area contributed by atoms with Crippen LogP contribution in [-0.2, 0) is 16.6 Å². The average molecular weight is 539 g/mol. The first-order valence-electron chi connectivity index (χ1n) is 12.8. The van der Waals surface area contributed by atoms with Crippen LogP contribution >= 0.6 is 0 Å². The highest BCUT2D eigenvalue weighted by Gasteiger charge is 2.21. The van der Waals surface area contributed by atoms with E-state index in [1.165, 1.54) is 4.31 Å². The number of sulfonamides is 1. The van der Waals surface area contributed by atoms with Gasteiger partial charge in [0, 0.05) is 36.8 Å². The summed E-state index contributed by atoms with van der Waals surface area (Å²) in [5.41, 5.74) is 12.2. The Labute approximate surface area is 228 Å². The lowest BCUT2D eigenvalue weighted by Gasteiger charge is -2.18. The van der Waals surface area contributed by atoms with Gasteiger partial charge in [0.2, 0.25) is 10.0 Å². The summed E-state index contributed by atoms with van der Waals surface area (Å²) in [7, 11) is -3.51. The lowest BCUT2D eigenvalue weighted by atomic mass is 10.0. The molecule has 5 aromatic rings. The molecule has 0 radical (unpaired) electrons. The second-order valence-corrected chi connectivity index (χ2v) is 10.9. The van der Waals surface area contributed by atoms with E-state index in [0.29, 0.717) is 42.3 Å². The normalized spacial score (nSPS) is 11.7. The smallest absolute Gasteiger partial charge is 0.243 e. The minimum atomic E-state index is -3.51. The van der Waals surface area contributed by atoms with Gasteiger partial charge in [-0.2, -0.15) is 4.31 Å². The van der Waals surface area contributed by atoms with Crippen LogP contribution in [0.3, 0.4) is 0 Å². The summed E-state index contributed by atoms with van der Waals surface area (Å²) in [6.45, 7) is 4.96. The molecule has 0 atom stereocenters. The monoisotopic (exact) mass is 538 g/mol. The molecule has 2 heterocycles. The van der Waals surface area contributed by atoms with Crippen LogP contribution in [-0.4, -0.2) is 40.8 Å². The summed E-state index contributed by atoms with van der Waals surface area (Å²) in [4.78, 5) is 14.7. The fourth-order valence-corrected chi connectivity index (χ4v) is 5.93. The molecule has 8 nitrogen and oxygen atoms in total. The molecule has 5 rings (SSSR count). The largest absolute Gasteiger partial charge is 0.384 e. The maximum atomic E-state index is 12.8. The van der Waals surface area contributed by atoms with Crippen molar-refractivity contribution in [2.24, 2.45) is 0 Å². The molecule has 0 bridgehead atoms. The maximum Gasteiger partial charge on any atom is 0.243 e. The molecule has 0 aliphatic rings. The molecular formula is C30H30N6O2S. The van der Waals surface area contributed by atoms with Crippen LogP contribution in [0.25, 0.3) is 33.7 Å². The molecule has 3 aromatic carbocycles. The molecule has 0 aliphatic carbocycles. The van der Waals surface area contributed by atoms with Crippen molar-refractivity contribution in [3.8, 4) is 22.5 Å². The maximum absolute atomic E-state index is 12.8. The van der Waals surface area contributed by atoms with Gasteiger partial charge in [-0.15, -0.1) is 0 Å². The Balaban J connectivity index is 1.51. The number of nitrogens with two attached hydrogens (primary N) is 1. The summed E-state index contributed by atoms with van der Waals surface area (Å²) in [6.07, 6.45) is 0. The molecular weight excluding hydrogens is 508 g/mol. The number of nitrogens with zero attached hydrogens (tertiary/aromatic N) is 4. The van der Waals surface area contributed by atoms with E-state index in [9.17, 15) is 8.42 Å². The molecule has 0 amide bonds. The Morgan fingerprint density at radius 3 is 1.90 bits per heavy atom. The van der Waals surface area contributed by atoms with E-state index in [1.54, 1.807) is 18.2 Å². The molecule has 0 spiro atoms. The number of fused-ring (bicyclic) bond motifs is 1. The van der Waals surface area contributed by atoms with E-state index < -0.39 is 10.0 Å².